The first-order valence-corrected chi connectivity index (χ1v) is 9.86. The number of para-hydroxylation sites is 3. The number of aromatic nitrogens is 4. The van der Waals surface area contributed by atoms with Crippen LogP contribution in [0.3, 0.4) is 0 Å². The molecule has 1 saturated heterocycles. The van der Waals surface area contributed by atoms with Crippen LogP contribution in [0.4, 0.5) is 0 Å². The zero-order valence-electron chi connectivity index (χ0n) is 15.7. The Labute approximate surface area is 162 Å². The summed E-state index contributed by atoms with van der Waals surface area (Å²) in [6.07, 6.45) is 4.25. The van der Waals surface area contributed by atoms with E-state index >= 15 is 0 Å². The molecule has 142 valence electrons. The van der Waals surface area contributed by atoms with E-state index < -0.39 is 0 Å². The van der Waals surface area contributed by atoms with Crippen LogP contribution in [0, 0.1) is 5.92 Å². The molecule has 6 heteroatoms. The lowest BCUT2D eigenvalue weighted by Gasteiger charge is -2.31. The van der Waals surface area contributed by atoms with E-state index in [0.717, 1.165) is 49.3 Å². The molecule has 0 bridgehead atoms. The van der Waals surface area contributed by atoms with Crippen LogP contribution in [0.2, 0.25) is 0 Å². The molecule has 1 aliphatic rings. The van der Waals surface area contributed by atoms with Crippen LogP contribution >= 0.6 is 0 Å². The number of imidazole rings is 1. The van der Waals surface area contributed by atoms with Gasteiger partial charge in [-0.1, -0.05) is 24.3 Å². The molecule has 2 aromatic carbocycles. The lowest BCUT2D eigenvalue weighted by Crippen LogP contribution is -2.35. The molecular formula is C22H23N5O. The van der Waals surface area contributed by atoms with Crippen molar-refractivity contribution in [3.05, 3.63) is 71.0 Å². The zero-order valence-corrected chi connectivity index (χ0v) is 15.7. The Morgan fingerprint density at radius 2 is 1.75 bits per heavy atom. The number of hydrogen-bond donors (Lipinski definition) is 1. The average molecular weight is 373 g/mol. The number of rotatable bonds is 4. The van der Waals surface area contributed by atoms with Gasteiger partial charge < -0.3 is 9.55 Å². The number of fused-ring (bicyclic) bond motifs is 2. The van der Waals surface area contributed by atoms with Gasteiger partial charge in [0.2, 0.25) is 0 Å². The first kappa shape index (κ1) is 17.1. The highest BCUT2D eigenvalue weighted by atomic mass is 16.1. The van der Waals surface area contributed by atoms with Gasteiger partial charge in [-0.3, -0.25) is 9.69 Å². The Kier molecular flexibility index (Phi) is 4.41. The van der Waals surface area contributed by atoms with Gasteiger partial charge in [0.15, 0.2) is 0 Å². The number of nitrogens with zero attached hydrogens (tertiary/aromatic N) is 4. The maximum atomic E-state index is 12.3. The van der Waals surface area contributed by atoms with Gasteiger partial charge >= 0.3 is 0 Å². The molecule has 5 rings (SSSR count). The van der Waals surface area contributed by atoms with Crippen molar-refractivity contribution in [3.63, 3.8) is 0 Å². The molecule has 2 aromatic heterocycles. The second-order valence-corrected chi connectivity index (χ2v) is 7.63. The molecule has 1 aliphatic heterocycles. The van der Waals surface area contributed by atoms with Crippen LogP contribution in [0.25, 0.3) is 21.9 Å². The lowest BCUT2D eigenvalue weighted by molar-refractivity contribution is 0.164. The van der Waals surface area contributed by atoms with Crippen molar-refractivity contribution in [3.8, 4) is 0 Å². The minimum absolute atomic E-state index is 0.0533. The highest BCUT2D eigenvalue weighted by Crippen LogP contribution is 2.22. The summed E-state index contributed by atoms with van der Waals surface area (Å²) in [5.41, 5.74) is 2.99. The number of hydrogen-bond acceptors (Lipinski definition) is 4. The molecule has 0 spiro atoms. The zero-order chi connectivity index (χ0) is 18.9. The first-order valence-electron chi connectivity index (χ1n) is 9.86. The van der Waals surface area contributed by atoms with Crippen molar-refractivity contribution in [2.24, 2.45) is 5.92 Å². The Balaban J connectivity index is 1.23. The molecular weight excluding hydrogens is 350 g/mol. The maximum Gasteiger partial charge on any atom is 0.258 e. The normalized spacial score (nSPS) is 16.1. The van der Waals surface area contributed by atoms with E-state index in [1.165, 1.54) is 5.52 Å². The SMILES string of the molecule is O=c1[nH]c(CN2CCC(Cn3cnc4ccccc43)CC2)nc2ccccc12. The minimum atomic E-state index is -0.0533. The summed E-state index contributed by atoms with van der Waals surface area (Å²) in [6, 6.07) is 15.8. The van der Waals surface area contributed by atoms with E-state index in [1.807, 2.05) is 36.7 Å². The lowest BCUT2D eigenvalue weighted by atomic mass is 9.96. The molecule has 1 fully saturated rings. The molecule has 28 heavy (non-hydrogen) atoms. The number of benzene rings is 2. The quantitative estimate of drug-likeness (QED) is 0.597. The van der Waals surface area contributed by atoms with Crippen LogP contribution in [0.5, 0.6) is 0 Å². The molecule has 1 N–H and O–H groups in total. The van der Waals surface area contributed by atoms with E-state index in [4.69, 9.17) is 0 Å². The maximum absolute atomic E-state index is 12.3. The van der Waals surface area contributed by atoms with Crippen molar-refractivity contribution in [1.29, 1.82) is 0 Å². The van der Waals surface area contributed by atoms with E-state index in [9.17, 15) is 4.79 Å². The Morgan fingerprint density at radius 1 is 1.00 bits per heavy atom. The first-order chi connectivity index (χ1) is 13.8. The van der Waals surface area contributed by atoms with Gasteiger partial charge in [-0.25, -0.2) is 9.97 Å². The largest absolute Gasteiger partial charge is 0.330 e. The second-order valence-electron chi connectivity index (χ2n) is 7.63. The summed E-state index contributed by atoms with van der Waals surface area (Å²) in [5, 5.41) is 0.650. The van der Waals surface area contributed by atoms with Crippen molar-refractivity contribution in [1.82, 2.24) is 24.4 Å². The third-order valence-corrected chi connectivity index (χ3v) is 5.72. The summed E-state index contributed by atoms with van der Waals surface area (Å²) >= 11 is 0. The molecule has 4 aromatic rings. The molecule has 3 heterocycles. The van der Waals surface area contributed by atoms with Gasteiger partial charge in [-0.2, -0.15) is 0 Å². The average Bonchev–Trinajstić information content (AvgIpc) is 3.13. The highest BCUT2D eigenvalue weighted by molar-refractivity contribution is 5.77. The summed E-state index contributed by atoms with van der Waals surface area (Å²) in [6.45, 7) is 3.75. The fourth-order valence-electron chi connectivity index (χ4n) is 4.18. The second kappa shape index (κ2) is 7.20. The van der Waals surface area contributed by atoms with E-state index in [-0.39, 0.29) is 5.56 Å². The molecule has 0 atom stereocenters. The fourth-order valence-corrected chi connectivity index (χ4v) is 4.18. The number of H-pyrrole nitrogens is 1. The number of aromatic amines is 1. The standard InChI is InChI=1S/C22H23N5O/c28-22-17-5-1-2-6-18(17)24-21(25-22)14-26-11-9-16(10-12-26)13-27-15-23-19-7-3-4-8-20(19)27/h1-8,15-16H,9-14H2,(H,24,25,28). The molecule has 0 aliphatic carbocycles. The van der Waals surface area contributed by atoms with Crippen LogP contribution in [-0.2, 0) is 13.1 Å². The minimum Gasteiger partial charge on any atom is -0.330 e. The van der Waals surface area contributed by atoms with Crippen molar-refractivity contribution in [2.75, 3.05) is 13.1 Å². The number of likely N-dealkylation sites (tertiary alicyclic amines) is 1. The number of piperidine rings is 1. The van der Waals surface area contributed by atoms with Crippen molar-refractivity contribution < 1.29 is 0 Å². The van der Waals surface area contributed by atoms with Crippen molar-refractivity contribution >= 4 is 21.9 Å². The Hall–Kier alpha value is -2.99. The Bertz CT molecular complexity index is 1170. The van der Waals surface area contributed by atoms with Gasteiger partial charge in [0, 0.05) is 6.54 Å². The van der Waals surface area contributed by atoms with E-state index in [0.29, 0.717) is 17.8 Å². The highest BCUT2D eigenvalue weighted by Gasteiger charge is 2.21. The molecule has 0 amide bonds. The third-order valence-electron chi connectivity index (χ3n) is 5.72. The van der Waals surface area contributed by atoms with Crippen LogP contribution in [0.1, 0.15) is 18.7 Å². The van der Waals surface area contributed by atoms with Crippen LogP contribution in [-0.4, -0.2) is 37.5 Å². The molecule has 0 radical (unpaired) electrons. The van der Waals surface area contributed by atoms with E-state index in [1.54, 1.807) is 0 Å². The van der Waals surface area contributed by atoms with Gasteiger partial charge in [-0.15, -0.1) is 0 Å². The smallest absolute Gasteiger partial charge is 0.258 e. The molecule has 6 nitrogen and oxygen atoms in total. The predicted octanol–water partition coefficient (Wildman–Crippen LogP) is 3.19. The van der Waals surface area contributed by atoms with Crippen LogP contribution in [0.15, 0.2) is 59.7 Å². The Morgan fingerprint density at radius 3 is 2.61 bits per heavy atom. The number of nitrogens with one attached hydrogen (secondary N) is 1. The van der Waals surface area contributed by atoms with Gasteiger partial charge in [0.25, 0.3) is 5.56 Å². The van der Waals surface area contributed by atoms with Gasteiger partial charge in [0.1, 0.15) is 5.82 Å². The summed E-state index contributed by atoms with van der Waals surface area (Å²) < 4.78 is 2.28. The fraction of sp³-hybridized carbons (Fsp3) is 0.318. The van der Waals surface area contributed by atoms with Gasteiger partial charge in [-0.05, 0) is 56.1 Å². The van der Waals surface area contributed by atoms with Crippen LogP contribution < -0.4 is 5.56 Å². The summed E-state index contributed by atoms with van der Waals surface area (Å²) in [5.74, 6) is 1.40. The van der Waals surface area contributed by atoms with Crippen molar-refractivity contribution in [2.45, 2.75) is 25.9 Å². The summed E-state index contributed by atoms with van der Waals surface area (Å²) in [7, 11) is 0. The monoisotopic (exact) mass is 373 g/mol. The topological polar surface area (TPSA) is 66.8 Å². The summed E-state index contributed by atoms with van der Waals surface area (Å²) in [4.78, 5) is 26.7. The predicted molar refractivity (Wildman–Crippen MR) is 110 cm³/mol. The third kappa shape index (κ3) is 3.31. The van der Waals surface area contributed by atoms with Gasteiger partial charge in [0.05, 0.1) is 34.8 Å². The van der Waals surface area contributed by atoms with E-state index in [2.05, 4.69) is 42.6 Å². The molecule has 0 unspecified atom stereocenters. The molecule has 0 saturated carbocycles.